The molecule has 0 radical (unpaired) electrons. The van der Waals surface area contributed by atoms with Crippen LogP contribution in [0.25, 0.3) is 0 Å². The van der Waals surface area contributed by atoms with Crippen molar-refractivity contribution in [2.75, 3.05) is 39.5 Å². The summed E-state index contributed by atoms with van der Waals surface area (Å²) < 4.78 is 29.4. The molecule has 0 bridgehead atoms. The second-order valence-electron chi connectivity index (χ2n) is 10.6. The third-order valence-electron chi connectivity index (χ3n) is 8.04. The van der Waals surface area contributed by atoms with E-state index in [0.717, 1.165) is 37.1 Å². The van der Waals surface area contributed by atoms with E-state index in [1.165, 1.54) is 0 Å². The number of fused-ring (bicyclic) bond motifs is 3. The van der Waals surface area contributed by atoms with Gasteiger partial charge in [0.05, 0.1) is 24.9 Å². The number of esters is 2. The van der Waals surface area contributed by atoms with Crippen LogP contribution in [0.5, 0.6) is 0 Å². The standard InChI is InChI=1S/C29H37NO7/c1-19-8-7-11-29(3)26(37-29)25-22(20(2)27(31)36-25)18-23(19)35-24(21-9-5-4-6-10-21)28(32)34-17-14-30-12-15-33-16-13-30/h4-6,8-10,22-26H,2,7,11-18H2,1,3H3/b19-8+/t22-,23-,24?,25-,26-,29+/m0/s1. The smallest absolute Gasteiger partial charge is 0.340 e. The van der Waals surface area contributed by atoms with E-state index < -0.39 is 24.3 Å². The minimum absolute atomic E-state index is 0.150. The normalized spacial score (nSPS) is 34.4. The van der Waals surface area contributed by atoms with Crippen molar-refractivity contribution in [1.29, 1.82) is 0 Å². The van der Waals surface area contributed by atoms with Gasteiger partial charge >= 0.3 is 11.9 Å². The Bertz CT molecular complexity index is 1030. The van der Waals surface area contributed by atoms with E-state index in [4.69, 9.17) is 23.7 Å². The lowest BCUT2D eigenvalue weighted by molar-refractivity contribution is -0.161. The molecule has 1 unspecified atom stereocenters. The number of morpholine rings is 1. The number of carbonyl (C=O) groups excluding carboxylic acids is 2. The van der Waals surface area contributed by atoms with Gasteiger partial charge in [-0.05, 0) is 44.2 Å². The van der Waals surface area contributed by atoms with Crippen molar-refractivity contribution in [2.45, 2.75) is 63.1 Å². The van der Waals surface area contributed by atoms with Crippen molar-refractivity contribution in [1.82, 2.24) is 4.90 Å². The van der Waals surface area contributed by atoms with Gasteiger partial charge in [0.25, 0.3) is 0 Å². The average Bonchev–Trinajstić information content (AvgIpc) is 3.49. The lowest BCUT2D eigenvalue weighted by Gasteiger charge is -2.29. The van der Waals surface area contributed by atoms with Crippen molar-refractivity contribution < 1.29 is 33.3 Å². The Hall–Kier alpha value is -2.52. The van der Waals surface area contributed by atoms with Gasteiger partial charge in [-0.2, -0.15) is 0 Å². The molecule has 1 aromatic carbocycles. The molecule has 0 aromatic heterocycles. The van der Waals surface area contributed by atoms with E-state index in [9.17, 15) is 9.59 Å². The zero-order valence-corrected chi connectivity index (χ0v) is 21.7. The van der Waals surface area contributed by atoms with Crippen molar-refractivity contribution in [3.63, 3.8) is 0 Å². The summed E-state index contributed by atoms with van der Waals surface area (Å²) in [5.41, 5.74) is 1.88. The van der Waals surface area contributed by atoms with Crippen LogP contribution in [-0.4, -0.2) is 80.2 Å². The first-order chi connectivity index (χ1) is 17.9. The van der Waals surface area contributed by atoms with Gasteiger partial charge in [-0.15, -0.1) is 0 Å². The maximum absolute atomic E-state index is 13.4. The first-order valence-electron chi connectivity index (χ1n) is 13.3. The zero-order chi connectivity index (χ0) is 26.0. The molecule has 8 nitrogen and oxygen atoms in total. The number of nitrogens with zero attached hydrogens (tertiary/aromatic N) is 1. The van der Waals surface area contributed by atoms with Crippen LogP contribution in [0.15, 0.2) is 54.1 Å². The maximum Gasteiger partial charge on any atom is 0.340 e. The molecule has 3 heterocycles. The van der Waals surface area contributed by atoms with Gasteiger partial charge in [0.2, 0.25) is 0 Å². The van der Waals surface area contributed by atoms with Crippen LogP contribution >= 0.6 is 0 Å². The highest BCUT2D eigenvalue weighted by atomic mass is 16.6. The second-order valence-corrected chi connectivity index (χ2v) is 10.6. The Morgan fingerprint density at radius 2 is 2.00 bits per heavy atom. The predicted molar refractivity (Wildman–Crippen MR) is 136 cm³/mol. The molecule has 4 aliphatic rings. The highest BCUT2D eigenvalue weighted by Gasteiger charge is 2.61. The van der Waals surface area contributed by atoms with Gasteiger partial charge in [-0.1, -0.05) is 43.0 Å². The van der Waals surface area contributed by atoms with Crippen LogP contribution in [-0.2, 0) is 33.3 Å². The van der Waals surface area contributed by atoms with Gasteiger partial charge in [0.15, 0.2) is 6.10 Å². The molecule has 1 aromatic rings. The Kier molecular flexibility index (Phi) is 7.81. The van der Waals surface area contributed by atoms with Crippen LogP contribution in [0.4, 0.5) is 0 Å². The SMILES string of the molecule is C=C1C(=O)O[C@H]2[C@H]1C[C@H](OC(C(=O)OCCN1CCOCC1)c1ccccc1)/C(C)=C/CC[C@@]1(C)O[C@@H]21. The number of hydrogen-bond acceptors (Lipinski definition) is 8. The molecular formula is C29H37NO7. The Morgan fingerprint density at radius 3 is 2.76 bits per heavy atom. The van der Waals surface area contributed by atoms with Crippen molar-refractivity contribution in [3.8, 4) is 0 Å². The van der Waals surface area contributed by atoms with Crippen molar-refractivity contribution in [2.24, 2.45) is 5.92 Å². The van der Waals surface area contributed by atoms with Crippen molar-refractivity contribution in [3.05, 3.63) is 59.7 Å². The number of epoxide rings is 1. The van der Waals surface area contributed by atoms with E-state index in [-0.39, 0.29) is 30.2 Å². The highest BCUT2D eigenvalue weighted by Crippen LogP contribution is 2.50. The number of allylic oxidation sites excluding steroid dienone is 1. The van der Waals surface area contributed by atoms with Crippen LogP contribution in [0, 0.1) is 5.92 Å². The quantitative estimate of drug-likeness (QED) is 0.238. The molecule has 6 atom stereocenters. The van der Waals surface area contributed by atoms with E-state index in [1.54, 1.807) is 0 Å². The summed E-state index contributed by atoms with van der Waals surface area (Å²) in [4.78, 5) is 28.1. The summed E-state index contributed by atoms with van der Waals surface area (Å²) in [6.07, 6.45) is 2.40. The fourth-order valence-corrected chi connectivity index (χ4v) is 5.59. The summed E-state index contributed by atoms with van der Waals surface area (Å²) in [5.74, 6) is -1.05. The third kappa shape index (κ3) is 5.82. The Morgan fingerprint density at radius 1 is 1.24 bits per heavy atom. The van der Waals surface area contributed by atoms with Crippen LogP contribution in [0.1, 0.15) is 44.8 Å². The van der Waals surface area contributed by atoms with Gasteiger partial charge in [0.1, 0.15) is 18.8 Å². The molecule has 0 saturated carbocycles. The molecule has 5 rings (SSSR count). The first-order valence-corrected chi connectivity index (χ1v) is 13.3. The molecule has 0 spiro atoms. The maximum atomic E-state index is 13.4. The third-order valence-corrected chi connectivity index (χ3v) is 8.04. The van der Waals surface area contributed by atoms with E-state index in [1.807, 2.05) is 37.3 Å². The second kappa shape index (κ2) is 11.1. The lowest BCUT2D eigenvalue weighted by Crippen LogP contribution is -2.39. The summed E-state index contributed by atoms with van der Waals surface area (Å²) in [6, 6.07) is 9.42. The molecule has 3 saturated heterocycles. The highest BCUT2D eigenvalue weighted by molar-refractivity contribution is 5.91. The fraction of sp³-hybridized carbons (Fsp3) is 0.586. The van der Waals surface area contributed by atoms with Gasteiger partial charge in [-0.25, -0.2) is 9.59 Å². The minimum Gasteiger partial charge on any atom is -0.462 e. The van der Waals surface area contributed by atoms with E-state index >= 15 is 0 Å². The fourth-order valence-electron chi connectivity index (χ4n) is 5.59. The summed E-state index contributed by atoms with van der Waals surface area (Å²) in [7, 11) is 0. The number of carbonyl (C=O) groups is 2. The van der Waals surface area contributed by atoms with E-state index in [2.05, 4.69) is 24.5 Å². The van der Waals surface area contributed by atoms with Gasteiger partial charge in [0, 0.05) is 31.1 Å². The number of hydrogen-bond donors (Lipinski definition) is 0. The summed E-state index contributed by atoms with van der Waals surface area (Å²) in [5, 5.41) is 0. The van der Waals surface area contributed by atoms with Crippen LogP contribution < -0.4 is 0 Å². The Labute approximate surface area is 218 Å². The molecule has 8 heteroatoms. The van der Waals surface area contributed by atoms with Gasteiger partial charge in [-0.3, -0.25) is 4.90 Å². The minimum atomic E-state index is -0.894. The monoisotopic (exact) mass is 511 g/mol. The van der Waals surface area contributed by atoms with Crippen molar-refractivity contribution >= 4 is 11.9 Å². The molecule has 0 N–H and O–H groups in total. The molecule has 200 valence electrons. The topological polar surface area (TPSA) is 86.8 Å². The van der Waals surface area contributed by atoms with Crippen LogP contribution in [0.2, 0.25) is 0 Å². The van der Waals surface area contributed by atoms with E-state index in [0.29, 0.717) is 31.8 Å². The zero-order valence-electron chi connectivity index (χ0n) is 21.7. The van der Waals surface area contributed by atoms with Gasteiger partial charge < -0.3 is 23.7 Å². The summed E-state index contributed by atoms with van der Waals surface area (Å²) in [6.45, 7) is 12.1. The number of rotatable bonds is 7. The lowest BCUT2D eigenvalue weighted by atomic mass is 9.83. The average molecular weight is 512 g/mol. The first kappa shape index (κ1) is 26.1. The molecule has 37 heavy (non-hydrogen) atoms. The molecule has 3 aliphatic heterocycles. The molecule has 3 fully saturated rings. The predicted octanol–water partition coefficient (Wildman–Crippen LogP) is 3.37. The largest absolute Gasteiger partial charge is 0.462 e. The summed E-state index contributed by atoms with van der Waals surface area (Å²) >= 11 is 0. The molecular weight excluding hydrogens is 474 g/mol. The van der Waals surface area contributed by atoms with Crippen LogP contribution in [0.3, 0.4) is 0 Å². The number of ether oxygens (including phenoxy) is 5. The number of benzene rings is 1. The molecule has 0 amide bonds. The molecule has 1 aliphatic carbocycles. The Balaban J connectivity index is 1.34.